The van der Waals surface area contributed by atoms with Gasteiger partial charge in [0.1, 0.15) is 11.6 Å². The largest absolute Gasteiger partial charge is 0.472 e. The van der Waals surface area contributed by atoms with Gasteiger partial charge in [0.2, 0.25) is 9.84 Å². The maximum absolute atomic E-state index is 13.9. The minimum absolute atomic E-state index is 0.0513. The molecule has 1 heterocycles. The van der Waals surface area contributed by atoms with Gasteiger partial charge in [-0.25, -0.2) is 22.2 Å². The Bertz CT molecular complexity index is 863. The van der Waals surface area contributed by atoms with Gasteiger partial charge in [-0.2, -0.15) is 0 Å². The second-order valence-electron chi connectivity index (χ2n) is 5.23. The highest BCUT2D eigenvalue weighted by molar-refractivity contribution is 7.92. The molecule has 2 aromatic rings. The number of hydrogen-bond donors (Lipinski definition) is 0. The summed E-state index contributed by atoms with van der Waals surface area (Å²) < 4.78 is 57.6. The molecule has 0 N–H and O–H groups in total. The van der Waals surface area contributed by atoms with Crippen molar-refractivity contribution < 1.29 is 21.9 Å². The number of halogens is 2. The van der Waals surface area contributed by atoms with Crippen molar-refractivity contribution >= 4 is 16.2 Å². The Morgan fingerprint density at radius 1 is 1.09 bits per heavy atom. The first kappa shape index (κ1) is 15.6. The fourth-order valence-electron chi connectivity index (χ4n) is 2.38. The van der Waals surface area contributed by atoms with E-state index in [0.29, 0.717) is 6.07 Å². The number of nitrogens with zero attached hydrogens (tertiary/aromatic N) is 1. The van der Waals surface area contributed by atoms with Crippen LogP contribution in [0.1, 0.15) is 17.2 Å². The first-order valence-electron chi connectivity index (χ1n) is 6.82. The monoisotopic (exact) mass is 337 g/mol. The molecule has 1 aliphatic rings. The third-order valence-electron chi connectivity index (χ3n) is 3.61. The summed E-state index contributed by atoms with van der Waals surface area (Å²) >= 11 is 0. The fraction of sp³-hybridized carbons (Fsp3) is 0.188. The smallest absolute Gasteiger partial charge is 0.205 e. The van der Waals surface area contributed by atoms with Gasteiger partial charge in [0.05, 0.1) is 4.90 Å². The molecule has 7 heteroatoms. The van der Waals surface area contributed by atoms with Crippen molar-refractivity contribution in [2.75, 3.05) is 0 Å². The lowest BCUT2D eigenvalue weighted by Crippen LogP contribution is -2.25. The Morgan fingerprint density at radius 2 is 1.78 bits per heavy atom. The summed E-state index contributed by atoms with van der Waals surface area (Å²) in [7, 11) is -3.86. The van der Waals surface area contributed by atoms with E-state index in [0.717, 1.165) is 18.0 Å². The molecular weight excluding hydrogens is 324 g/mol. The van der Waals surface area contributed by atoms with E-state index in [1.165, 1.54) is 18.2 Å². The summed E-state index contributed by atoms with van der Waals surface area (Å²) in [6.07, 6.45) is -0.161. The number of hydrogen-bond acceptors (Lipinski definition) is 4. The molecule has 0 unspecified atom stereocenters. The molecule has 0 amide bonds. The highest BCUT2D eigenvalue weighted by atomic mass is 32.2. The maximum atomic E-state index is 13.9. The predicted octanol–water partition coefficient (Wildman–Crippen LogP) is 3.17. The summed E-state index contributed by atoms with van der Waals surface area (Å²) in [5, 5.41) is -1.31. The van der Waals surface area contributed by atoms with E-state index in [1.54, 1.807) is 12.1 Å². The van der Waals surface area contributed by atoms with Gasteiger partial charge < -0.3 is 4.74 Å². The predicted molar refractivity (Wildman–Crippen MR) is 80.8 cm³/mol. The molecule has 0 bridgehead atoms. The lowest BCUT2D eigenvalue weighted by molar-refractivity contribution is 0.221. The fourth-order valence-corrected chi connectivity index (χ4v) is 3.92. The Hall–Kier alpha value is -2.28. The zero-order valence-electron chi connectivity index (χ0n) is 12.1. The molecule has 0 aliphatic carbocycles. The number of aryl methyl sites for hydroxylation is 1. The number of benzene rings is 2. The van der Waals surface area contributed by atoms with E-state index in [4.69, 9.17) is 4.74 Å². The minimum Gasteiger partial charge on any atom is -0.472 e. The number of aliphatic imine (C=N–C) groups is 1. The second kappa shape index (κ2) is 5.73. The standard InChI is InChI=1S/C16H13F2NO3S/c1-10-2-5-12(6-3-10)23(20,21)16-15(22-9-19-16)13-7-4-11(17)8-14(13)18/h2-9,15-16H,1H3/t15-,16-/m1/s1. The molecule has 3 rings (SSSR count). The van der Waals surface area contributed by atoms with E-state index in [2.05, 4.69) is 4.99 Å². The zero-order chi connectivity index (χ0) is 16.6. The van der Waals surface area contributed by atoms with Gasteiger partial charge in [-0.05, 0) is 31.2 Å². The number of ether oxygens (including phenoxy) is 1. The van der Waals surface area contributed by atoms with E-state index in [-0.39, 0.29) is 10.5 Å². The molecule has 0 spiro atoms. The molecule has 4 nitrogen and oxygen atoms in total. The summed E-state index contributed by atoms with van der Waals surface area (Å²) in [6, 6.07) is 9.18. The van der Waals surface area contributed by atoms with Crippen LogP contribution < -0.4 is 0 Å². The first-order valence-corrected chi connectivity index (χ1v) is 8.37. The summed E-state index contributed by atoms with van der Waals surface area (Å²) in [5.74, 6) is -1.62. The van der Waals surface area contributed by atoms with Crippen LogP contribution in [0, 0.1) is 18.6 Å². The van der Waals surface area contributed by atoms with Crippen molar-refractivity contribution in [1.29, 1.82) is 0 Å². The highest BCUT2D eigenvalue weighted by Gasteiger charge is 2.40. The lowest BCUT2D eigenvalue weighted by Gasteiger charge is -2.18. The van der Waals surface area contributed by atoms with Gasteiger partial charge >= 0.3 is 0 Å². The normalized spacial score (nSPS) is 20.5. The molecule has 0 radical (unpaired) electrons. The van der Waals surface area contributed by atoms with Crippen molar-refractivity contribution in [1.82, 2.24) is 0 Å². The third kappa shape index (κ3) is 2.84. The molecule has 0 saturated carbocycles. The molecule has 2 atom stereocenters. The molecule has 0 aromatic heterocycles. The second-order valence-corrected chi connectivity index (χ2v) is 7.27. The van der Waals surface area contributed by atoms with E-state index in [9.17, 15) is 17.2 Å². The van der Waals surface area contributed by atoms with Crippen molar-refractivity contribution in [3.05, 3.63) is 65.2 Å². The maximum Gasteiger partial charge on any atom is 0.205 e. The van der Waals surface area contributed by atoms with Gasteiger partial charge in [-0.15, -0.1) is 0 Å². The van der Waals surface area contributed by atoms with E-state index in [1.807, 2.05) is 6.92 Å². The van der Waals surface area contributed by atoms with E-state index < -0.39 is 32.9 Å². The van der Waals surface area contributed by atoms with Crippen molar-refractivity contribution in [3.63, 3.8) is 0 Å². The Balaban J connectivity index is 2.00. The zero-order valence-corrected chi connectivity index (χ0v) is 12.9. The quantitative estimate of drug-likeness (QED) is 0.864. The van der Waals surface area contributed by atoms with E-state index >= 15 is 0 Å². The van der Waals surface area contributed by atoms with Crippen LogP contribution in [0.15, 0.2) is 52.4 Å². The van der Waals surface area contributed by atoms with Crippen LogP contribution in [-0.4, -0.2) is 20.2 Å². The summed E-state index contributed by atoms with van der Waals surface area (Å²) in [6.45, 7) is 1.84. The van der Waals surface area contributed by atoms with Crippen molar-refractivity contribution in [3.8, 4) is 0 Å². The van der Waals surface area contributed by atoms with Crippen LogP contribution >= 0.6 is 0 Å². The summed E-state index contributed by atoms with van der Waals surface area (Å²) in [5.41, 5.74) is 0.862. The first-order chi connectivity index (χ1) is 10.9. The van der Waals surface area contributed by atoms with Crippen molar-refractivity contribution in [2.24, 2.45) is 4.99 Å². The Kier molecular flexibility index (Phi) is 3.89. The Morgan fingerprint density at radius 3 is 2.43 bits per heavy atom. The number of sulfone groups is 1. The van der Waals surface area contributed by atoms with Gasteiger partial charge in [0.15, 0.2) is 17.9 Å². The van der Waals surface area contributed by atoms with Crippen LogP contribution in [-0.2, 0) is 14.6 Å². The third-order valence-corrected chi connectivity index (χ3v) is 5.54. The SMILES string of the molecule is Cc1ccc(S(=O)(=O)[C@H]2N=CO[C@@H]2c2ccc(F)cc2F)cc1. The molecule has 120 valence electrons. The van der Waals surface area contributed by atoms with Crippen LogP contribution in [0.2, 0.25) is 0 Å². The molecule has 23 heavy (non-hydrogen) atoms. The average Bonchev–Trinajstić information content (AvgIpc) is 2.97. The molecular formula is C16H13F2NO3S. The van der Waals surface area contributed by atoms with Crippen LogP contribution in [0.5, 0.6) is 0 Å². The van der Waals surface area contributed by atoms with Gasteiger partial charge in [0.25, 0.3) is 0 Å². The lowest BCUT2D eigenvalue weighted by atomic mass is 10.1. The molecule has 0 saturated heterocycles. The Labute approximate surface area is 132 Å². The molecule has 0 fully saturated rings. The van der Waals surface area contributed by atoms with Gasteiger partial charge in [0, 0.05) is 11.6 Å². The molecule has 2 aromatic carbocycles. The van der Waals surface area contributed by atoms with Crippen molar-refractivity contribution in [2.45, 2.75) is 23.3 Å². The van der Waals surface area contributed by atoms with Crippen LogP contribution in [0.3, 0.4) is 0 Å². The van der Waals surface area contributed by atoms with Gasteiger partial charge in [-0.1, -0.05) is 17.7 Å². The topological polar surface area (TPSA) is 55.7 Å². The minimum atomic E-state index is -3.86. The summed E-state index contributed by atoms with van der Waals surface area (Å²) in [4.78, 5) is 3.90. The highest BCUT2D eigenvalue weighted by Crippen LogP contribution is 2.35. The van der Waals surface area contributed by atoms with Crippen LogP contribution in [0.25, 0.3) is 0 Å². The average molecular weight is 337 g/mol. The molecule has 1 aliphatic heterocycles. The van der Waals surface area contributed by atoms with Gasteiger partial charge in [-0.3, -0.25) is 0 Å². The van der Waals surface area contributed by atoms with Crippen LogP contribution in [0.4, 0.5) is 8.78 Å². The number of rotatable bonds is 3.